The highest BCUT2D eigenvalue weighted by molar-refractivity contribution is 5.92. The molecular formula is C16H27N3O2. The first-order valence-corrected chi connectivity index (χ1v) is 7.89. The van der Waals surface area contributed by atoms with Crippen molar-refractivity contribution in [1.29, 1.82) is 0 Å². The number of carbonyl (C=O) groups is 1. The van der Waals surface area contributed by atoms with E-state index in [0.29, 0.717) is 6.04 Å². The number of aliphatic hydroxyl groups is 1. The summed E-state index contributed by atoms with van der Waals surface area (Å²) in [5.41, 5.74) is 0.771. The molecule has 0 bridgehead atoms. The van der Waals surface area contributed by atoms with Gasteiger partial charge in [0.25, 0.3) is 5.91 Å². The molecule has 2 rings (SSSR count). The van der Waals surface area contributed by atoms with Crippen LogP contribution in [0, 0.1) is 0 Å². The number of rotatable bonds is 5. The van der Waals surface area contributed by atoms with Gasteiger partial charge in [-0.05, 0) is 32.4 Å². The molecule has 5 heteroatoms. The topological polar surface area (TPSA) is 48.7 Å². The van der Waals surface area contributed by atoms with Gasteiger partial charge in [0.1, 0.15) is 5.69 Å². The van der Waals surface area contributed by atoms with E-state index in [1.54, 1.807) is 0 Å². The summed E-state index contributed by atoms with van der Waals surface area (Å²) in [6, 6.07) is 4.35. The SMILES string of the molecule is CCC(CO)N1CCN(C(=O)c2cccn2C(C)C)CC1. The van der Waals surface area contributed by atoms with Gasteiger partial charge in [-0.2, -0.15) is 0 Å². The van der Waals surface area contributed by atoms with Gasteiger partial charge >= 0.3 is 0 Å². The van der Waals surface area contributed by atoms with Gasteiger partial charge in [-0.1, -0.05) is 6.92 Å². The maximum atomic E-state index is 12.6. The van der Waals surface area contributed by atoms with Gasteiger partial charge in [0, 0.05) is 44.5 Å². The Morgan fingerprint density at radius 1 is 1.29 bits per heavy atom. The summed E-state index contributed by atoms with van der Waals surface area (Å²) in [5.74, 6) is 0.116. The molecule has 1 unspecified atom stereocenters. The highest BCUT2D eigenvalue weighted by Crippen LogP contribution is 2.16. The second-order valence-electron chi connectivity index (χ2n) is 5.97. The fourth-order valence-corrected chi connectivity index (χ4v) is 2.98. The van der Waals surface area contributed by atoms with E-state index in [0.717, 1.165) is 38.3 Å². The zero-order valence-corrected chi connectivity index (χ0v) is 13.3. The van der Waals surface area contributed by atoms with Crippen LogP contribution in [-0.2, 0) is 0 Å². The van der Waals surface area contributed by atoms with Crippen molar-refractivity contribution < 1.29 is 9.90 Å². The molecule has 0 saturated carbocycles. The van der Waals surface area contributed by atoms with Crippen LogP contribution in [0.4, 0.5) is 0 Å². The molecule has 118 valence electrons. The van der Waals surface area contributed by atoms with Gasteiger partial charge in [-0.25, -0.2) is 0 Å². The fraction of sp³-hybridized carbons (Fsp3) is 0.688. The minimum absolute atomic E-state index is 0.116. The molecule has 1 saturated heterocycles. The molecule has 1 aliphatic heterocycles. The third kappa shape index (κ3) is 3.47. The number of carbonyl (C=O) groups excluding carboxylic acids is 1. The van der Waals surface area contributed by atoms with Crippen molar-refractivity contribution in [1.82, 2.24) is 14.4 Å². The highest BCUT2D eigenvalue weighted by atomic mass is 16.3. The number of nitrogens with zero attached hydrogens (tertiary/aromatic N) is 3. The van der Waals surface area contributed by atoms with Gasteiger partial charge in [0.15, 0.2) is 0 Å². The Labute approximate surface area is 127 Å². The second-order valence-corrected chi connectivity index (χ2v) is 5.97. The first kappa shape index (κ1) is 16.0. The van der Waals surface area contributed by atoms with E-state index < -0.39 is 0 Å². The molecule has 0 aliphatic carbocycles. The van der Waals surface area contributed by atoms with E-state index in [9.17, 15) is 9.90 Å². The highest BCUT2D eigenvalue weighted by Gasteiger charge is 2.26. The normalized spacial score (nSPS) is 18.2. The van der Waals surface area contributed by atoms with Crippen molar-refractivity contribution in [2.45, 2.75) is 39.3 Å². The largest absolute Gasteiger partial charge is 0.395 e. The minimum atomic E-state index is 0.116. The van der Waals surface area contributed by atoms with Gasteiger partial charge in [-0.15, -0.1) is 0 Å². The molecule has 1 fully saturated rings. The third-order valence-electron chi connectivity index (χ3n) is 4.35. The molecule has 0 aromatic carbocycles. The molecule has 0 radical (unpaired) electrons. The van der Waals surface area contributed by atoms with Gasteiger partial charge < -0.3 is 14.6 Å². The standard InChI is InChI=1S/C16H27N3O2/c1-4-14(12-20)17-8-10-18(11-9-17)16(21)15-6-5-7-19(15)13(2)3/h5-7,13-14,20H,4,8-12H2,1-3H3. The first-order chi connectivity index (χ1) is 10.1. The van der Waals surface area contributed by atoms with E-state index >= 15 is 0 Å². The maximum absolute atomic E-state index is 12.6. The van der Waals surface area contributed by atoms with Crippen LogP contribution < -0.4 is 0 Å². The van der Waals surface area contributed by atoms with Crippen LogP contribution in [0.25, 0.3) is 0 Å². The summed E-state index contributed by atoms with van der Waals surface area (Å²) < 4.78 is 2.03. The lowest BCUT2D eigenvalue weighted by molar-refractivity contribution is 0.0463. The Hall–Kier alpha value is -1.33. The maximum Gasteiger partial charge on any atom is 0.270 e. The van der Waals surface area contributed by atoms with Gasteiger partial charge in [0.05, 0.1) is 6.61 Å². The number of hydrogen-bond donors (Lipinski definition) is 1. The number of piperazine rings is 1. The summed E-state index contributed by atoms with van der Waals surface area (Å²) >= 11 is 0. The van der Waals surface area contributed by atoms with Crippen molar-refractivity contribution in [2.24, 2.45) is 0 Å². The summed E-state index contributed by atoms with van der Waals surface area (Å²) in [7, 11) is 0. The molecule has 1 aromatic heterocycles. The average Bonchev–Trinajstić information content (AvgIpc) is 2.98. The Bertz CT molecular complexity index is 458. The molecule has 0 spiro atoms. The summed E-state index contributed by atoms with van der Waals surface area (Å²) in [5, 5.41) is 9.38. The average molecular weight is 293 g/mol. The lowest BCUT2D eigenvalue weighted by atomic mass is 10.1. The van der Waals surface area contributed by atoms with Crippen LogP contribution in [0.3, 0.4) is 0 Å². The van der Waals surface area contributed by atoms with E-state index in [1.807, 2.05) is 27.8 Å². The first-order valence-electron chi connectivity index (χ1n) is 7.89. The lowest BCUT2D eigenvalue weighted by Crippen LogP contribution is -2.53. The van der Waals surface area contributed by atoms with E-state index in [1.165, 1.54) is 0 Å². The van der Waals surface area contributed by atoms with Crippen LogP contribution in [0.1, 0.15) is 43.7 Å². The van der Waals surface area contributed by atoms with Crippen LogP contribution in [-0.4, -0.2) is 64.2 Å². The Morgan fingerprint density at radius 3 is 2.48 bits per heavy atom. The summed E-state index contributed by atoms with van der Waals surface area (Å²) in [4.78, 5) is 16.8. The number of aliphatic hydroxyl groups excluding tert-OH is 1. The number of aromatic nitrogens is 1. The van der Waals surface area contributed by atoms with Crippen molar-refractivity contribution in [3.8, 4) is 0 Å². The monoisotopic (exact) mass is 293 g/mol. The minimum Gasteiger partial charge on any atom is -0.395 e. The zero-order chi connectivity index (χ0) is 15.4. The molecule has 2 heterocycles. The number of hydrogen-bond acceptors (Lipinski definition) is 3. The Morgan fingerprint density at radius 2 is 1.95 bits per heavy atom. The van der Waals surface area contributed by atoms with Crippen molar-refractivity contribution >= 4 is 5.91 Å². The molecule has 1 aliphatic rings. The van der Waals surface area contributed by atoms with Crippen LogP contribution in [0.2, 0.25) is 0 Å². The van der Waals surface area contributed by atoms with E-state index in [2.05, 4.69) is 25.7 Å². The predicted octanol–water partition coefficient (Wildman–Crippen LogP) is 1.60. The fourth-order valence-electron chi connectivity index (χ4n) is 2.98. The molecule has 1 atom stereocenters. The number of amides is 1. The molecule has 1 amide bonds. The van der Waals surface area contributed by atoms with Crippen molar-refractivity contribution in [3.63, 3.8) is 0 Å². The van der Waals surface area contributed by atoms with Crippen LogP contribution >= 0.6 is 0 Å². The second kappa shape index (κ2) is 7.09. The molecule has 21 heavy (non-hydrogen) atoms. The summed E-state index contributed by atoms with van der Waals surface area (Å²) in [6.07, 6.45) is 2.91. The molecule has 1 N–H and O–H groups in total. The van der Waals surface area contributed by atoms with Crippen molar-refractivity contribution in [2.75, 3.05) is 32.8 Å². The Kier molecular flexibility index (Phi) is 5.42. The predicted molar refractivity (Wildman–Crippen MR) is 83.5 cm³/mol. The zero-order valence-electron chi connectivity index (χ0n) is 13.3. The van der Waals surface area contributed by atoms with Crippen molar-refractivity contribution in [3.05, 3.63) is 24.0 Å². The van der Waals surface area contributed by atoms with E-state index in [4.69, 9.17) is 0 Å². The van der Waals surface area contributed by atoms with Crippen LogP contribution in [0.15, 0.2) is 18.3 Å². The van der Waals surface area contributed by atoms with E-state index in [-0.39, 0.29) is 18.6 Å². The van der Waals surface area contributed by atoms with Gasteiger partial charge in [0.2, 0.25) is 0 Å². The molecular weight excluding hydrogens is 266 g/mol. The third-order valence-corrected chi connectivity index (χ3v) is 4.35. The molecule has 5 nitrogen and oxygen atoms in total. The van der Waals surface area contributed by atoms with Crippen LogP contribution in [0.5, 0.6) is 0 Å². The Balaban J connectivity index is 1.99. The molecule has 1 aromatic rings. The van der Waals surface area contributed by atoms with Gasteiger partial charge in [-0.3, -0.25) is 9.69 Å². The quantitative estimate of drug-likeness (QED) is 0.897. The lowest BCUT2D eigenvalue weighted by Gasteiger charge is -2.38. The smallest absolute Gasteiger partial charge is 0.270 e. The summed E-state index contributed by atoms with van der Waals surface area (Å²) in [6.45, 7) is 9.61.